The molecule has 0 saturated carbocycles. The van der Waals surface area contributed by atoms with Crippen molar-refractivity contribution in [2.75, 3.05) is 49.5 Å². The molecule has 12 nitrogen and oxygen atoms in total. The molecule has 3 atom stereocenters. The predicted octanol–water partition coefficient (Wildman–Crippen LogP) is 5.09. The summed E-state index contributed by atoms with van der Waals surface area (Å²) in [5.74, 6) is -0.0904. The minimum atomic E-state index is -0.596. The average Bonchev–Trinajstić information content (AvgIpc) is 3.10. The van der Waals surface area contributed by atoms with Gasteiger partial charge in [-0.25, -0.2) is 0 Å². The summed E-state index contributed by atoms with van der Waals surface area (Å²) in [6.45, 7) is 6.12. The van der Waals surface area contributed by atoms with Crippen molar-refractivity contribution in [3.63, 3.8) is 0 Å². The molecule has 0 bridgehead atoms. The summed E-state index contributed by atoms with van der Waals surface area (Å²) >= 11 is 0. The lowest BCUT2D eigenvalue weighted by Gasteiger charge is -2.41. The maximum Gasteiger partial charge on any atom is 0.269 e. The minimum absolute atomic E-state index is 0.0203. The molecular formula is C36H45N5O7. The van der Waals surface area contributed by atoms with Gasteiger partial charge in [-0.1, -0.05) is 42.8 Å². The smallest absolute Gasteiger partial charge is 0.269 e. The maximum absolute atomic E-state index is 12.5. The van der Waals surface area contributed by atoms with Crippen LogP contribution >= 0.6 is 0 Å². The van der Waals surface area contributed by atoms with Gasteiger partial charge in [0.1, 0.15) is 0 Å². The van der Waals surface area contributed by atoms with E-state index in [1.165, 1.54) is 6.92 Å². The summed E-state index contributed by atoms with van der Waals surface area (Å²) in [7, 11) is 0. The lowest BCUT2D eigenvalue weighted by molar-refractivity contribution is -0.384. The Hall–Kier alpha value is -4.36. The Kier molecular flexibility index (Phi) is 12.5. The van der Waals surface area contributed by atoms with E-state index in [0.29, 0.717) is 25.1 Å². The standard InChI is InChI=1S/C36H45N5O7/c1-26(43)37-18-4-2-3-5-35(44)38-30-12-10-29(11-13-30)36-47-33(23-34(48-36)28-8-6-27(25-42)7-9-28)24-39-19-21-40(22-20-39)31-14-16-32(17-15-31)41(45)46/h6-17,33-34,36,42H,2-5,18-25H2,1H3,(H,37,43)(H,38,44). The lowest BCUT2D eigenvalue weighted by Crippen LogP contribution is -2.49. The summed E-state index contributed by atoms with van der Waals surface area (Å²) in [6.07, 6.45) is 2.66. The number of hydrogen-bond donors (Lipinski definition) is 3. The van der Waals surface area contributed by atoms with Gasteiger partial charge in [-0.2, -0.15) is 0 Å². The van der Waals surface area contributed by atoms with Crippen molar-refractivity contribution in [3.05, 3.63) is 99.6 Å². The second-order valence-electron chi connectivity index (χ2n) is 12.4. The first kappa shape index (κ1) is 35.0. The number of nitro benzene ring substituents is 1. The lowest BCUT2D eigenvalue weighted by atomic mass is 9.99. The second kappa shape index (κ2) is 17.2. The zero-order chi connectivity index (χ0) is 33.9. The Morgan fingerprint density at radius 3 is 2.23 bits per heavy atom. The van der Waals surface area contributed by atoms with E-state index in [2.05, 4.69) is 20.4 Å². The summed E-state index contributed by atoms with van der Waals surface area (Å²) < 4.78 is 13.0. The van der Waals surface area contributed by atoms with Gasteiger partial charge in [-0.05, 0) is 48.2 Å². The number of rotatable bonds is 14. The van der Waals surface area contributed by atoms with Gasteiger partial charge in [-0.3, -0.25) is 24.6 Å². The molecule has 2 amide bonds. The molecule has 3 unspecified atom stereocenters. The summed E-state index contributed by atoms with van der Waals surface area (Å²) in [6, 6.07) is 22.1. The van der Waals surface area contributed by atoms with Crippen molar-refractivity contribution < 1.29 is 29.1 Å². The number of nitrogens with one attached hydrogen (secondary N) is 2. The molecule has 0 radical (unpaired) electrons. The molecule has 3 aromatic rings. The summed E-state index contributed by atoms with van der Waals surface area (Å²) in [5, 5.41) is 26.3. The molecular weight excluding hydrogens is 614 g/mol. The number of nitrogens with zero attached hydrogens (tertiary/aromatic N) is 3. The third kappa shape index (κ3) is 10.1. The van der Waals surface area contributed by atoms with Crippen molar-refractivity contribution in [1.29, 1.82) is 0 Å². The van der Waals surface area contributed by atoms with Crippen LogP contribution in [0.2, 0.25) is 0 Å². The molecule has 3 N–H and O–H groups in total. The first-order valence-corrected chi connectivity index (χ1v) is 16.6. The SMILES string of the molecule is CC(=O)NCCCCCC(=O)Nc1ccc(C2OC(CN3CCN(c4ccc([N+](=O)[O-])cc4)CC3)CC(c3ccc(CO)cc3)O2)cc1. The quantitative estimate of drug-likeness (QED) is 0.122. The van der Waals surface area contributed by atoms with Crippen LogP contribution in [0.3, 0.4) is 0 Å². The number of carbonyl (C=O) groups excluding carboxylic acids is 2. The number of ether oxygens (including phenoxy) is 2. The van der Waals surface area contributed by atoms with Crippen LogP contribution in [0, 0.1) is 10.1 Å². The summed E-state index contributed by atoms with van der Waals surface area (Å²) in [4.78, 5) is 38.7. The molecule has 2 aliphatic heterocycles. The summed E-state index contributed by atoms with van der Waals surface area (Å²) in [5.41, 5.74) is 4.49. The molecule has 2 saturated heterocycles. The topological polar surface area (TPSA) is 147 Å². The molecule has 3 aromatic carbocycles. The second-order valence-corrected chi connectivity index (χ2v) is 12.4. The number of benzene rings is 3. The molecule has 0 spiro atoms. The zero-order valence-electron chi connectivity index (χ0n) is 27.4. The first-order chi connectivity index (χ1) is 23.3. The number of nitro groups is 1. The number of piperazine rings is 1. The first-order valence-electron chi connectivity index (χ1n) is 16.6. The molecule has 2 fully saturated rings. The van der Waals surface area contributed by atoms with Crippen molar-refractivity contribution in [2.24, 2.45) is 0 Å². The number of hydrogen-bond acceptors (Lipinski definition) is 9. The Labute approximate surface area is 281 Å². The minimum Gasteiger partial charge on any atom is -0.392 e. The van der Waals surface area contributed by atoms with Gasteiger partial charge >= 0.3 is 0 Å². The van der Waals surface area contributed by atoms with Crippen LogP contribution < -0.4 is 15.5 Å². The monoisotopic (exact) mass is 659 g/mol. The van der Waals surface area contributed by atoms with Crippen molar-refractivity contribution in [1.82, 2.24) is 10.2 Å². The molecule has 48 heavy (non-hydrogen) atoms. The number of carbonyl (C=O) groups is 2. The molecule has 2 heterocycles. The molecule has 12 heteroatoms. The Bertz CT molecular complexity index is 1490. The Balaban J connectivity index is 1.18. The number of non-ortho nitro benzene ring substituents is 1. The number of aliphatic hydroxyl groups excluding tert-OH is 1. The molecule has 256 valence electrons. The highest BCUT2D eigenvalue weighted by Gasteiger charge is 2.34. The van der Waals surface area contributed by atoms with Crippen LogP contribution in [0.5, 0.6) is 0 Å². The van der Waals surface area contributed by atoms with E-state index in [1.807, 2.05) is 60.7 Å². The molecule has 0 aromatic heterocycles. The predicted molar refractivity (Wildman–Crippen MR) is 182 cm³/mol. The third-order valence-corrected chi connectivity index (χ3v) is 8.80. The van der Waals surface area contributed by atoms with Crippen LogP contribution in [-0.4, -0.2) is 72.1 Å². The van der Waals surface area contributed by atoms with Gasteiger partial charge in [0.2, 0.25) is 11.8 Å². The molecule has 2 aliphatic rings. The van der Waals surface area contributed by atoms with Gasteiger partial charge in [0, 0.05) is 88.1 Å². The van der Waals surface area contributed by atoms with Crippen LogP contribution in [0.1, 0.15) is 68.1 Å². The molecule has 5 rings (SSSR count). The van der Waals surface area contributed by atoms with E-state index >= 15 is 0 Å². The number of aliphatic hydroxyl groups is 1. The maximum atomic E-state index is 12.5. The van der Waals surface area contributed by atoms with Crippen LogP contribution in [-0.2, 0) is 25.7 Å². The van der Waals surface area contributed by atoms with E-state index in [4.69, 9.17) is 9.47 Å². The van der Waals surface area contributed by atoms with Gasteiger partial charge in [0.05, 0.1) is 23.7 Å². The highest BCUT2D eigenvalue weighted by molar-refractivity contribution is 5.90. The highest BCUT2D eigenvalue weighted by Crippen LogP contribution is 2.38. The Morgan fingerprint density at radius 1 is 0.896 bits per heavy atom. The van der Waals surface area contributed by atoms with Crippen molar-refractivity contribution in [2.45, 2.75) is 64.1 Å². The number of anilines is 2. The van der Waals surface area contributed by atoms with Crippen molar-refractivity contribution >= 4 is 28.9 Å². The fourth-order valence-corrected chi connectivity index (χ4v) is 6.09. The van der Waals surface area contributed by atoms with Crippen LogP contribution in [0.15, 0.2) is 72.8 Å². The van der Waals surface area contributed by atoms with Gasteiger partial charge in [-0.15, -0.1) is 0 Å². The van der Waals surface area contributed by atoms with Gasteiger partial charge in [0.25, 0.3) is 5.69 Å². The third-order valence-electron chi connectivity index (χ3n) is 8.80. The van der Waals surface area contributed by atoms with E-state index in [1.54, 1.807) is 12.1 Å². The van der Waals surface area contributed by atoms with E-state index in [9.17, 15) is 24.8 Å². The average molecular weight is 660 g/mol. The van der Waals surface area contributed by atoms with E-state index < -0.39 is 6.29 Å². The van der Waals surface area contributed by atoms with Gasteiger partial charge < -0.3 is 30.1 Å². The fraction of sp³-hybridized carbons (Fsp3) is 0.444. The highest BCUT2D eigenvalue weighted by atomic mass is 16.7. The zero-order valence-corrected chi connectivity index (χ0v) is 27.4. The van der Waals surface area contributed by atoms with Gasteiger partial charge in [0.15, 0.2) is 6.29 Å². The van der Waals surface area contributed by atoms with Crippen molar-refractivity contribution in [3.8, 4) is 0 Å². The number of amides is 2. The van der Waals surface area contributed by atoms with E-state index in [0.717, 1.165) is 74.4 Å². The van der Waals surface area contributed by atoms with Crippen LogP contribution in [0.4, 0.5) is 17.1 Å². The molecule has 0 aliphatic carbocycles. The Morgan fingerprint density at radius 2 is 1.58 bits per heavy atom. The largest absolute Gasteiger partial charge is 0.392 e. The fourth-order valence-electron chi connectivity index (χ4n) is 6.09. The number of unbranched alkanes of at least 4 members (excludes halogenated alkanes) is 2. The normalized spacial score (nSPS) is 19.9. The van der Waals surface area contributed by atoms with E-state index in [-0.39, 0.29) is 41.2 Å². The van der Waals surface area contributed by atoms with Crippen LogP contribution in [0.25, 0.3) is 0 Å².